The van der Waals surface area contributed by atoms with Crippen molar-refractivity contribution in [3.05, 3.63) is 52.2 Å². The van der Waals surface area contributed by atoms with Crippen LogP contribution in [0.3, 0.4) is 0 Å². The first kappa shape index (κ1) is 29.3. The van der Waals surface area contributed by atoms with E-state index in [1.807, 2.05) is 0 Å². The highest BCUT2D eigenvalue weighted by Gasteiger charge is 2.54. The van der Waals surface area contributed by atoms with Crippen molar-refractivity contribution in [1.82, 2.24) is 15.2 Å². The highest BCUT2D eigenvalue weighted by atomic mass is 32.2. The summed E-state index contributed by atoms with van der Waals surface area (Å²) in [5.41, 5.74) is 6.25. The average molecular weight is 602 g/mol. The zero-order valence-electron chi connectivity index (χ0n) is 21.8. The Labute approximate surface area is 240 Å². The summed E-state index contributed by atoms with van der Waals surface area (Å²) in [6, 6.07) is 3.46. The number of aromatic nitrogens is 1. The third-order valence-corrected chi connectivity index (χ3v) is 7.58. The standard InChI is InChI=1S/C25H23N5O9S2/c1-11(31)38-16-7-5-13(8-17(16)39-12(2)32)4-6-14-9-40-23-19(22(34)30(23)20(14)24(35)36)28-21(33)18(29-37-3)15-10-41-25(26)27-15/h4-8,10,19,23H,9H2,1-3H3,(H2,26,27)(H,28,33)(H,35,36)/b6-4+,29-18-/t19-,23-/m1/s1. The number of carboxylic acid groups (broad SMARTS) is 1. The summed E-state index contributed by atoms with van der Waals surface area (Å²) in [4.78, 5) is 70.9. The number of carboxylic acids is 1. The molecule has 2 amide bonds. The normalized spacial score (nSPS) is 18.5. The molecule has 14 nitrogen and oxygen atoms in total. The van der Waals surface area contributed by atoms with E-state index in [0.717, 1.165) is 16.2 Å². The molecule has 0 spiro atoms. The van der Waals surface area contributed by atoms with Gasteiger partial charge >= 0.3 is 17.9 Å². The zero-order valence-corrected chi connectivity index (χ0v) is 23.4. The molecule has 0 unspecified atom stereocenters. The van der Waals surface area contributed by atoms with Crippen molar-refractivity contribution in [2.75, 3.05) is 18.6 Å². The molecule has 2 aromatic rings. The molecule has 0 aliphatic carbocycles. The molecule has 1 saturated heterocycles. The number of ether oxygens (including phenoxy) is 2. The van der Waals surface area contributed by atoms with E-state index in [0.29, 0.717) is 11.1 Å². The maximum atomic E-state index is 13.0. The number of rotatable bonds is 9. The van der Waals surface area contributed by atoms with Crippen LogP contribution in [0.15, 0.2) is 46.1 Å². The highest BCUT2D eigenvalue weighted by Crippen LogP contribution is 2.41. The zero-order chi connectivity index (χ0) is 29.8. The van der Waals surface area contributed by atoms with E-state index < -0.39 is 41.1 Å². The number of fused-ring (bicyclic) bond motifs is 1. The van der Waals surface area contributed by atoms with E-state index >= 15 is 0 Å². The van der Waals surface area contributed by atoms with Crippen LogP contribution in [-0.2, 0) is 28.8 Å². The second-order valence-electron chi connectivity index (χ2n) is 8.46. The molecule has 16 heteroatoms. The van der Waals surface area contributed by atoms with E-state index in [2.05, 4.69) is 15.5 Å². The molecule has 2 aliphatic rings. The molecule has 3 heterocycles. The van der Waals surface area contributed by atoms with E-state index in [9.17, 15) is 29.1 Å². The van der Waals surface area contributed by atoms with Crippen molar-refractivity contribution < 1.29 is 43.4 Å². The van der Waals surface area contributed by atoms with Crippen molar-refractivity contribution >= 4 is 69.7 Å². The minimum Gasteiger partial charge on any atom is -0.477 e. The quantitative estimate of drug-likeness (QED) is 0.123. The highest BCUT2D eigenvalue weighted by molar-refractivity contribution is 8.00. The molecule has 41 heavy (non-hydrogen) atoms. The van der Waals surface area contributed by atoms with Crippen molar-refractivity contribution in [2.24, 2.45) is 5.16 Å². The van der Waals surface area contributed by atoms with Crippen LogP contribution in [0.1, 0.15) is 25.1 Å². The topological polar surface area (TPSA) is 200 Å². The monoisotopic (exact) mass is 601 g/mol. The lowest BCUT2D eigenvalue weighted by atomic mass is 10.0. The number of nitrogens with one attached hydrogen (secondary N) is 1. The number of hydrogen-bond acceptors (Lipinski definition) is 13. The summed E-state index contributed by atoms with van der Waals surface area (Å²) in [5.74, 6) is -3.63. The van der Waals surface area contributed by atoms with Crippen LogP contribution in [0.2, 0.25) is 0 Å². The van der Waals surface area contributed by atoms with Crippen LogP contribution in [0.25, 0.3) is 6.08 Å². The van der Waals surface area contributed by atoms with E-state index in [4.69, 9.17) is 20.0 Å². The van der Waals surface area contributed by atoms with Gasteiger partial charge in [0, 0.05) is 25.0 Å². The second kappa shape index (κ2) is 12.2. The predicted octanol–water partition coefficient (Wildman–Crippen LogP) is 1.38. The van der Waals surface area contributed by atoms with Gasteiger partial charge in [0.15, 0.2) is 22.3 Å². The molecular weight excluding hydrogens is 578 g/mol. The van der Waals surface area contributed by atoms with Gasteiger partial charge in [0.1, 0.15) is 29.9 Å². The van der Waals surface area contributed by atoms with Crippen LogP contribution in [0.4, 0.5) is 5.13 Å². The number of thiazole rings is 1. The molecule has 1 fully saturated rings. The lowest BCUT2D eigenvalue weighted by molar-refractivity contribution is -0.150. The van der Waals surface area contributed by atoms with Crippen LogP contribution < -0.4 is 20.5 Å². The lowest BCUT2D eigenvalue weighted by Gasteiger charge is -2.49. The number of nitrogens with zero attached hydrogens (tertiary/aromatic N) is 3. The predicted molar refractivity (Wildman–Crippen MR) is 148 cm³/mol. The Bertz CT molecular complexity index is 1530. The van der Waals surface area contributed by atoms with Crippen molar-refractivity contribution in [3.8, 4) is 11.5 Å². The molecule has 2 atom stereocenters. The smallest absolute Gasteiger partial charge is 0.352 e. The molecule has 0 saturated carbocycles. The molecular formula is C25H23N5O9S2. The molecule has 0 bridgehead atoms. The maximum Gasteiger partial charge on any atom is 0.352 e. The number of amides is 2. The number of anilines is 1. The minimum absolute atomic E-state index is 0.00796. The summed E-state index contributed by atoms with van der Waals surface area (Å²) < 4.78 is 10.2. The maximum absolute atomic E-state index is 13.0. The number of thioether (sulfide) groups is 1. The molecule has 2 aliphatic heterocycles. The number of benzene rings is 1. The summed E-state index contributed by atoms with van der Waals surface area (Å²) in [6.07, 6.45) is 3.10. The van der Waals surface area contributed by atoms with Crippen molar-refractivity contribution in [1.29, 1.82) is 0 Å². The summed E-state index contributed by atoms with van der Waals surface area (Å²) in [6.45, 7) is 2.40. The number of allylic oxidation sites excluding steroid dienone is 1. The molecule has 4 N–H and O–H groups in total. The summed E-state index contributed by atoms with van der Waals surface area (Å²) in [7, 11) is 1.25. The Balaban J connectivity index is 1.55. The minimum atomic E-state index is -1.32. The number of carbonyl (C=O) groups excluding carboxylic acids is 4. The van der Waals surface area contributed by atoms with Crippen LogP contribution in [-0.4, -0.2) is 74.7 Å². The number of aliphatic carboxylic acids is 1. The third-order valence-electron chi connectivity index (χ3n) is 5.60. The Morgan fingerprint density at radius 3 is 2.49 bits per heavy atom. The number of oxime groups is 1. The van der Waals surface area contributed by atoms with Gasteiger partial charge in [-0.2, -0.15) is 0 Å². The number of hydrogen-bond donors (Lipinski definition) is 3. The Morgan fingerprint density at radius 2 is 1.88 bits per heavy atom. The first-order chi connectivity index (χ1) is 19.5. The van der Waals surface area contributed by atoms with E-state index in [-0.39, 0.29) is 39.5 Å². The van der Waals surface area contributed by atoms with E-state index in [1.54, 1.807) is 12.1 Å². The van der Waals surface area contributed by atoms with Gasteiger partial charge in [0.25, 0.3) is 11.8 Å². The first-order valence-electron chi connectivity index (χ1n) is 11.7. The van der Waals surface area contributed by atoms with Crippen LogP contribution in [0, 0.1) is 0 Å². The number of carbonyl (C=O) groups is 5. The van der Waals surface area contributed by atoms with Gasteiger partial charge in [-0.25, -0.2) is 9.78 Å². The van der Waals surface area contributed by atoms with Crippen molar-refractivity contribution in [3.63, 3.8) is 0 Å². The van der Waals surface area contributed by atoms with Gasteiger partial charge in [0.05, 0.1) is 0 Å². The number of nitrogens with two attached hydrogens (primary N) is 1. The largest absolute Gasteiger partial charge is 0.477 e. The lowest BCUT2D eigenvalue weighted by Crippen LogP contribution is -2.71. The fraction of sp³-hybridized carbons (Fsp3) is 0.240. The number of esters is 2. The molecule has 0 radical (unpaired) electrons. The van der Waals surface area contributed by atoms with Gasteiger partial charge in [-0.05, 0) is 23.3 Å². The second-order valence-corrected chi connectivity index (χ2v) is 10.5. The molecule has 4 rings (SSSR count). The van der Waals surface area contributed by atoms with Crippen LogP contribution >= 0.6 is 23.1 Å². The fourth-order valence-corrected chi connectivity index (χ4v) is 5.84. The summed E-state index contributed by atoms with van der Waals surface area (Å²) >= 11 is 2.36. The van der Waals surface area contributed by atoms with E-state index in [1.165, 1.54) is 56.3 Å². The van der Waals surface area contributed by atoms with Gasteiger partial charge in [-0.1, -0.05) is 23.4 Å². The average Bonchev–Trinajstić information content (AvgIpc) is 3.34. The van der Waals surface area contributed by atoms with Gasteiger partial charge < -0.3 is 30.5 Å². The van der Waals surface area contributed by atoms with Gasteiger partial charge in [-0.15, -0.1) is 23.1 Å². The third kappa shape index (κ3) is 6.38. The molecule has 1 aromatic heterocycles. The van der Waals surface area contributed by atoms with Gasteiger partial charge in [0.2, 0.25) is 0 Å². The number of β-lactam (4-membered cyclic amide) rings is 1. The first-order valence-corrected chi connectivity index (χ1v) is 13.7. The summed E-state index contributed by atoms with van der Waals surface area (Å²) in [5, 5.41) is 17.3. The molecule has 1 aromatic carbocycles. The Hall–Kier alpha value is -4.70. The van der Waals surface area contributed by atoms with Crippen molar-refractivity contribution in [2.45, 2.75) is 25.3 Å². The Kier molecular flexibility index (Phi) is 8.73. The number of nitrogen functional groups attached to an aromatic ring is 1. The van der Waals surface area contributed by atoms with Crippen LogP contribution in [0.5, 0.6) is 11.5 Å². The SMILES string of the molecule is CO/N=C(\C(=O)N[C@@H]1C(=O)N2C(C(=O)O)=C(/C=C/c3ccc(OC(C)=O)c(OC(C)=O)c3)CS[C@H]12)c1csc(N)n1. The Morgan fingerprint density at radius 1 is 1.17 bits per heavy atom. The molecule has 214 valence electrons. The van der Waals surface area contributed by atoms with Gasteiger partial charge in [-0.3, -0.25) is 24.1 Å². The fourth-order valence-electron chi connectivity index (χ4n) is 3.97.